The van der Waals surface area contributed by atoms with Gasteiger partial charge < -0.3 is 15.0 Å². The van der Waals surface area contributed by atoms with Gasteiger partial charge in [0.05, 0.1) is 16.0 Å². The van der Waals surface area contributed by atoms with E-state index >= 15 is 0 Å². The summed E-state index contributed by atoms with van der Waals surface area (Å²) in [5, 5.41) is 8.89. The standard InChI is InChI=1S/C20H15F5N2O.C8H7N3O2S2/c21-15-2-3-16-14(10-18(22)27-16)19(15)28-17-4-1-12(20(23,24)25)9-13(17)11-5-7-26-8-6-11;9-15(12,13)7-4-2-1-3-6(7)8-10-5-11-14-8/h1-5,9-10,26-27H,6-8H2;1-5H,(H2,9,12,13). The highest BCUT2D eigenvalue weighted by atomic mass is 32.2. The fraction of sp³-hybridized carbons (Fsp3) is 0.143. The highest BCUT2D eigenvalue weighted by Gasteiger charge is 2.32. The average Bonchev–Trinajstić information content (AvgIpc) is 3.64. The molecule has 224 valence electrons. The van der Waals surface area contributed by atoms with Crippen LogP contribution in [0.2, 0.25) is 0 Å². The number of aromatic nitrogens is 3. The molecule has 0 saturated carbocycles. The number of nitrogens with zero attached hydrogens (tertiary/aromatic N) is 2. The van der Waals surface area contributed by atoms with Crippen molar-refractivity contribution >= 4 is 38.0 Å². The van der Waals surface area contributed by atoms with Crippen LogP contribution >= 0.6 is 11.5 Å². The fourth-order valence-corrected chi connectivity index (χ4v) is 5.80. The maximum Gasteiger partial charge on any atom is 0.416 e. The van der Waals surface area contributed by atoms with Crippen molar-refractivity contribution in [3.05, 3.63) is 96.0 Å². The van der Waals surface area contributed by atoms with Gasteiger partial charge in [-0.15, -0.1) is 0 Å². The minimum Gasteiger partial charge on any atom is -0.453 e. The molecule has 1 aliphatic heterocycles. The van der Waals surface area contributed by atoms with Gasteiger partial charge in [-0.05, 0) is 66.5 Å². The lowest BCUT2D eigenvalue weighted by Gasteiger charge is -2.20. The van der Waals surface area contributed by atoms with Crippen molar-refractivity contribution < 1.29 is 35.1 Å². The quantitative estimate of drug-likeness (QED) is 0.190. The van der Waals surface area contributed by atoms with E-state index in [4.69, 9.17) is 9.88 Å². The summed E-state index contributed by atoms with van der Waals surface area (Å²) in [7, 11) is -3.72. The number of nitrogens with one attached hydrogen (secondary N) is 2. The number of hydrogen-bond donors (Lipinski definition) is 3. The predicted octanol–water partition coefficient (Wildman–Crippen LogP) is 6.49. The van der Waals surface area contributed by atoms with Crippen molar-refractivity contribution in [2.75, 3.05) is 13.1 Å². The lowest BCUT2D eigenvalue weighted by atomic mass is 9.97. The van der Waals surface area contributed by atoms with Crippen molar-refractivity contribution in [3.8, 4) is 22.1 Å². The molecule has 0 spiro atoms. The maximum atomic E-state index is 14.4. The Hall–Kier alpha value is -4.18. The summed E-state index contributed by atoms with van der Waals surface area (Å²) < 4.78 is 99.6. The molecule has 3 aromatic carbocycles. The van der Waals surface area contributed by atoms with Gasteiger partial charge in [0.25, 0.3) is 0 Å². The third-order valence-corrected chi connectivity index (χ3v) is 8.05. The second-order valence-corrected chi connectivity index (χ2v) is 11.5. The fourth-order valence-electron chi connectivity index (χ4n) is 4.43. The average molecular weight is 636 g/mol. The van der Waals surface area contributed by atoms with E-state index in [-0.39, 0.29) is 27.3 Å². The zero-order valence-electron chi connectivity index (χ0n) is 22.0. The Morgan fingerprint density at radius 3 is 2.47 bits per heavy atom. The number of primary sulfonamides is 1. The van der Waals surface area contributed by atoms with Crippen molar-refractivity contribution in [2.45, 2.75) is 17.5 Å². The number of aromatic amines is 1. The van der Waals surface area contributed by atoms with Gasteiger partial charge in [0.1, 0.15) is 17.1 Å². The van der Waals surface area contributed by atoms with Crippen LogP contribution in [0.5, 0.6) is 11.5 Å². The van der Waals surface area contributed by atoms with Gasteiger partial charge in [-0.3, -0.25) is 0 Å². The van der Waals surface area contributed by atoms with Crippen molar-refractivity contribution in [3.63, 3.8) is 0 Å². The molecule has 15 heteroatoms. The normalized spacial score (nSPS) is 13.8. The molecule has 5 aromatic rings. The minimum atomic E-state index is -4.52. The van der Waals surface area contributed by atoms with Crippen LogP contribution in [0.4, 0.5) is 22.0 Å². The molecule has 3 heterocycles. The first kappa shape index (κ1) is 30.3. The van der Waals surface area contributed by atoms with E-state index in [0.29, 0.717) is 41.2 Å². The summed E-state index contributed by atoms with van der Waals surface area (Å²) in [4.78, 5) is 6.46. The Morgan fingerprint density at radius 1 is 1.00 bits per heavy atom. The van der Waals surface area contributed by atoms with E-state index in [1.807, 2.05) is 0 Å². The van der Waals surface area contributed by atoms with Crippen molar-refractivity contribution in [1.29, 1.82) is 0 Å². The second-order valence-electron chi connectivity index (χ2n) is 9.24. The highest BCUT2D eigenvalue weighted by Crippen LogP contribution is 2.40. The van der Waals surface area contributed by atoms with E-state index in [2.05, 4.69) is 19.7 Å². The summed E-state index contributed by atoms with van der Waals surface area (Å²) in [6.07, 6.45) is -0.864. The largest absolute Gasteiger partial charge is 0.453 e. The summed E-state index contributed by atoms with van der Waals surface area (Å²) in [5.74, 6) is -1.57. The molecule has 0 aliphatic carbocycles. The third kappa shape index (κ3) is 6.91. The molecule has 0 atom stereocenters. The van der Waals surface area contributed by atoms with Gasteiger partial charge in [0, 0.05) is 29.1 Å². The first-order chi connectivity index (χ1) is 20.4. The van der Waals surface area contributed by atoms with E-state index in [9.17, 15) is 30.4 Å². The number of halogens is 5. The molecule has 1 aliphatic rings. The van der Waals surface area contributed by atoms with Crippen LogP contribution in [-0.2, 0) is 16.2 Å². The SMILES string of the molecule is Fc1cc2c(Oc3ccc(C(F)(F)F)cc3C3=CCNCC3)c(F)ccc2[nH]1.NS(=O)(=O)c1ccccc1-c1ncns1. The molecule has 0 bridgehead atoms. The maximum absolute atomic E-state index is 14.4. The Kier molecular flexibility index (Phi) is 8.59. The first-order valence-corrected chi connectivity index (χ1v) is 14.9. The number of rotatable bonds is 5. The number of hydrogen-bond acceptors (Lipinski definition) is 7. The van der Waals surface area contributed by atoms with Crippen molar-refractivity contribution in [1.82, 2.24) is 19.7 Å². The highest BCUT2D eigenvalue weighted by molar-refractivity contribution is 7.89. The molecular weight excluding hydrogens is 613 g/mol. The topological polar surface area (TPSA) is 123 Å². The number of alkyl halides is 3. The van der Waals surface area contributed by atoms with Gasteiger partial charge in [0.15, 0.2) is 17.5 Å². The number of ether oxygens (including phenoxy) is 1. The smallest absolute Gasteiger partial charge is 0.416 e. The monoisotopic (exact) mass is 635 g/mol. The van der Waals surface area contributed by atoms with Gasteiger partial charge >= 0.3 is 6.18 Å². The lowest BCUT2D eigenvalue weighted by Crippen LogP contribution is -2.20. The molecule has 43 heavy (non-hydrogen) atoms. The molecule has 0 saturated heterocycles. The van der Waals surface area contributed by atoms with E-state index in [1.165, 1.54) is 24.5 Å². The van der Waals surface area contributed by atoms with E-state index in [1.54, 1.807) is 24.3 Å². The Balaban J connectivity index is 0.000000207. The second kappa shape index (κ2) is 12.2. The van der Waals surface area contributed by atoms with Crippen LogP contribution in [0, 0.1) is 11.8 Å². The molecule has 0 unspecified atom stereocenters. The zero-order valence-corrected chi connectivity index (χ0v) is 23.6. The molecule has 6 rings (SSSR count). The van der Waals surface area contributed by atoms with Gasteiger partial charge in [-0.1, -0.05) is 24.3 Å². The van der Waals surface area contributed by atoms with Crippen molar-refractivity contribution in [2.24, 2.45) is 5.14 Å². The number of sulfonamides is 1. The number of benzene rings is 3. The zero-order chi connectivity index (χ0) is 30.8. The number of fused-ring (bicyclic) bond motifs is 1. The number of H-pyrrole nitrogens is 1. The van der Waals surface area contributed by atoms with Crippen LogP contribution in [0.25, 0.3) is 27.0 Å². The number of nitrogens with two attached hydrogens (primary N) is 1. The van der Waals surface area contributed by atoms with E-state index in [0.717, 1.165) is 35.8 Å². The van der Waals surface area contributed by atoms with Crippen LogP contribution in [0.15, 0.2) is 78.0 Å². The molecule has 8 nitrogen and oxygen atoms in total. The lowest BCUT2D eigenvalue weighted by molar-refractivity contribution is -0.137. The Labute approximate surface area is 246 Å². The molecule has 0 amide bonds. The molecule has 0 radical (unpaired) electrons. The predicted molar refractivity (Wildman–Crippen MR) is 152 cm³/mol. The molecule has 0 fully saturated rings. The van der Waals surface area contributed by atoms with Crippen LogP contribution < -0.4 is 15.2 Å². The van der Waals surface area contributed by atoms with Crippen LogP contribution in [-0.4, -0.2) is 35.8 Å². The third-order valence-electron chi connectivity index (χ3n) is 6.39. The molecule has 2 aromatic heterocycles. The van der Waals surface area contributed by atoms with Gasteiger partial charge in [0.2, 0.25) is 10.0 Å². The van der Waals surface area contributed by atoms with E-state index < -0.39 is 33.5 Å². The molecule has 4 N–H and O–H groups in total. The van der Waals surface area contributed by atoms with Crippen LogP contribution in [0.3, 0.4) is 0 Å². The summed E-state index contributed by atoms with van der Waals surface area (Å²) in [5.41, 5.74) is 0.906. The Bertz CT molecular complexity index is 1910. The summed E-state index contributed by atoms with van der Waals surface area (Å²) in [6.45, 7) is 1.12. The minimum absolute atomic E-state index is 0.0711. The summed E-state index contributed by atoms with van der Waals surface area (Å²) in [6, 6.07) is 13.1. The van der Waals surface area contributed by atoms with Gasteiger partial charge in [-0.25, -0.2) is 22.9 Å². The first-order valence-electron chi connectivity index (χ1n) is 12.6. The Morgan fingerprint density at radius 2 is 1.79 bits per heavy atom. The van der Waals surface area contributed by atoms with Crippen LogP contribution in [0.1, 0.15) is 17.5 Å². The summed E-state index contributed by atoms with van der Waals surface area (Å²) >= 11 is 1.13. The van der Waals surface area contributed by atoms with Gasteiger partial charge in [-0.2, -0.15) is 21.9 Å². The molecular formula is C28H22F5N5O3S2.